The van der Waals surface area contributed by atoms with Gasteiger partial charge in [-0.1, -0.05) is 16.8 Å². The van der Waals surface area contributed by atoms with Crippen LogP contribution in [0.5, 0.6) is 5.75 Å². The van der Waals surface area contributed by atoms with Gasteiger partial charge in [0.1, 0.15) is 22.7 Å². The lowest BCUT2D eigenvalue weighted by Crippen LogP contribution is -1.99. The van der Waals surface area contributed by atoms with Crippen molar-refractivity contribution >= 4 is 11.6 Å². The summed E-state index contributed by atoms with van der Waals surface area (Å²) >= 11 is 6.56. The molecule has 0 aliphatic carbocycles. The molecule has 0 aliphatic rings. The first-order chi connectivity index (χ1) is 11.5. The zero-order chi connectivity index (χ0) is 17.4. The fourth-order valence-corrected chi connectivity index (χ4v) is 3.10. The quantitative estimate of drug-likeness (QED) is 0.698. The molecule has 3 rings (SSSR count). The second-order valence-electron chi connectivity index (χ2n) is 5.48. The van der Waals surface area contributed by atoms with Crippen LogP contribution in [0, 0.1) is 32.1 Å². The molecule has 0 saturated carbocycles. The Kier molecular flexibility index (Phi) is 4.08. The maximum absolute atomic E-state index is 9.65. The largest absolute Gasteiger partial charge is 0.497 e. The van der Waals surface area contributed by atoms with Crippen LogP contribution >= 0.6 is 11.6 Å². The van der Waals surface area contributed by atoms with Crippen molar-refractivity contribution < 1.29 is 9.26 Å². The van der Waals surface area contributed by atoms with E-state index in [1.807, 2.05) is 49.6 Å². The number of hydrogen-bond donors (Lipinski definition) is 0. The highest BCUT2D eigenvalue weighted by Crippen LogP contribution is 2.39. The van der Waals surface area contributed by atoms with Gasteiger partial charge in [0.2, 0.25) is 0 Å². The van der Waals surface area contributed by atoms with Gasteiger partial charge in [-0.05, 0) is 45.0 Å². The Bertz CT molecular complexity index is 927. The first kappa shape index (κ1) is 16.2. The molecule has 0 saturated heterocycles. The zero-order valence-corrected chi connectivity index (χ0v) is 14.6. The summed E-state index contributed by atoms with van der Waals surface area (Å²) < 4.78 is 12.3. The van der Waals surface area contributed by atoms with E-state index in [9.17, 15) is 5.26 Å². The molecule has 6 heteroatoms. The van der Waals surface area contributed by atoms with Crippen LogP contribution in [0.3, 0.4) is 0 Å². The lowest BCUT2D eigenvalue weighted by Gasteiger charge is -2.12. The average Bonchev–Trinajstić information content (AvgIpc) is 3.04. The Morgan fingerprint density at radius 2 is 1.88 bits per heavy atom. The summed E-state index contributed by atoms with van der Waals surface area (Å²) in [4.78, 5) is 0. The minimum Gasteiger partial charge on any atom is -0.497 e. The number of rotatable bonds is 3. The average molecular weight is 342 g/mol. The van der Waals surface area contributed by atoms with Crippen molar-refractivity contribution in [3.05, 3.63) is 52.0 Å². The summed E-state index contributed by atoms with van der Waals surface area (Å²) in [5.41, 5.74) is 4.28. The zero-order valence-electron chi connectivity index (χ0n) is 13.8. The molecule has 0 fully saturated rings. The summed E-state index contributed by atoms with van der Waals surface area (Å²) in [6.07, 6.45) is 0. The third-order valence-corrected chi connectivity index (χ3v) is 4.51. The highest BCUT2D eigenvalue weighted by molar-refractivity contribution is 6.31. The number of methoxy groups -OCH3 is 1. The Labute approximate surface area is 145 Å². The first-order valence-electron chi connectivity index (χ1n) is 7.38. The second kappa shape index (κ2) is 6.06. The summed E-state index contributed by atoms with van der Waals surface area (Å²) in [5.74, 6) is 1.39. The first-order valence-corrected chi connectivity index (χ1v) is 7.76. The van der Waals surface area contributed by atoms with E-state index in [1.165, 1.54) is 0 Å². The molecule has 0 spiro atoms. The SMILES string of the molecule is COc1ccc(-n2c(Cl)c(C)c(C#N)c2-c2c(C)noc2C)cc1. The third-order valence-electron chi connectivity index (χ3n) is 4.05. The van der Waals surface area contributed by atoms with E-state index in [4.69, 9.17) is 20.9 Å². The van der Waals surface area contributed by atoms with Crippen molar-refractivity contribution in [1.29, 1.82) is 5.26 Å². The van der Waals surface area contributed by atoms with Gasteiger partial charge in [0.05, 0.1) is 29.6 Å². The number of halogens is 1. The van der Waals surface area contributed by atoms with E-state index in [-0.39, 0.29) is 0 Å². The van der Waals surface area contributed by atoms with Gasteiger partial charge in [0, 0.05) is 11.3 Å². The summed E-state index contributed by atoms with van der Waals surface area (Å²) in [6.45, 7) is 5.51. The summed E-state index contributed by atoms with van der Waals surface area (Å²) in [7, 11) is 1.62. The van der Waals surface area contributed by atoms with Crippen LogP contribution in [-0.2, 0) is 0 Å². The van der Waals surface area contributed by atoms with Crippen LogP contribution in [0.1, 0.15) is 22.6 Å². The van der Waals surface area contributed by atoms with Crippen LogP contribution in [-0.4, -0.2) is 16.8 Å². The minimum absolute atomic E-state index is 0.492. The Balaban J connectivity index is 2.36. The fourth-order valence-electron chi connectivity index (χ4n) is 2.83. The molecular formula is C18H16ClN3O2. The molecule has 1 aromatic carbocycles. The molecule has 0 N–H and O–H groups in total. The van der Waals surface area contributed by atoms with Crippen molar-refractivity contribution in [1.82, 2.24) is 9.72 Å². The van der Waals surface area contributed by atoms with Crippen molar-refractivity contribution in [2.24, 2.45) is 0 Å². The topological polar surface area (TPSA) is 64.0 Å². The highest BCUT2D eigenvalue weighted by atomic mass is 35.5. The van der Waals surface area contributed by atoms with E-state index in [2.05, 4.69) is 11.2 Å². The molecule has 24 heavy (non-hydrogen) atoms. The van der Waals surface area contributed by atoms with E-state index >= 15 is 0 Å². The normalized spacial score (nSPS) is 10.7. The van der Waals surface area contributed by atoms with E-state index < -0.39 is 0 Å². The molecule has 122 valence electrons. The monoisotopic (exact) mass is 341 g/mol. The molecule has 2 heterocycles. The van der Waals surface area contributed by atoms with Gasteiger partial charge in [-0.25, -0.2) is 0 Å². The number of ether oxygens (including phenoxy) is 1. The summed E-state index contributed by atoms with van der Waals surface area (Å²) in [6, 6.07) is 9.76. The van der Waals surface area contributed by atoms with Gasteiger partial charge >= 0.3 is 0 Å². The van der Waals surface area contributed by atoms with Crippen molar-refractivity contribution in [2.75, 3.05) is 7.11 Å². The van der Waals surface area contributed by atoms with Crippen molar-refractivity contribution in [2.45, 2.75) is 20.8 Å². The van der Waals surface area contributed by atoms with Gasteiger partial charge in [-0.2, -0.15) is 5.26 Å². The highest BCUT2D eigenvalue weighted by Gasteiger charge is 2.26. The lowest BCUT2D eigenvalue weighted by molar-refractivity contribution is 0.393. The predicted octanol–water partition coefficient (Wildman–Crippen LogP) is 4.59. The molecule has 0 radical (unpaired) electrons. The molecule has 0 aliphatic heterocycles. The van der Waals surface area contributed by atoms with Gasteiger partial charge in [0.15, 0.2) is 0 Å². The molecule has 3 aromatic rings. The van der Waals surface area contributed by atoms with E-state index in [1.54, 1.807) is 7.11 Å². The third kappa shape index (κ3) is 2.36. The number of aryl methyl sites for hydroxylation is 2. The molecule has 0 amide bonds. The Morgan fingerprint density at radius 3 is 2.38 bits per heavy atom. The predicted molar refractivity (Wildman–Crippen MR) is 91.8 cm³/mol. The lowest BCUT2D eigenvalue weighted by atomic mass is 10.0. The Hall–Kier alpha value is -2.71. The molecule has 0 atom stereocenters. The van der Waals surface area contributed by atoms with Gasteiger partial charge in [0.25, 0.3) is 0 Å². The number of nitriles is 1. The van der Waals surface area contributed by atoms with Crippen molar-refractivity contribution in [3.8, 4) is 28.8 Å². The number of aromatic nitrogens is 2. The standard InChI is InChI=1S/C18H16ClN3O2/c1-10-15(9-20)17(16-11(2)21-24-12(16)3)22(18(10)19)13-5-7-14(23-4)8-6-13/h5-8H,1-4H3. The fraction of sp³-hybridized carbons (Fsp3) is 0.222. The summed E-state index contributed by atoms with van der Waals surface area (Å²) in [5, 5.41) is 14.2. The van der Waals surface area contributed by atoms with E-state index in [0.717, 1.165) is 22.6 Å². The smallest absolute Gasteiger partial charge is 0.143 e. The van der Waals surface area contributed by atoms with Gasteiger partial charge < -0.3 is 9.26 Å². The number of nitrogens with zero attached hydrogens (tertiary/aromatic N) is 3. The van der Waals surface area contributed by atoms with E-state index in [0.29, 0.717) is 27.9 Å². The van der Waals surface area contributed by atoms with Gasteiger partial charge in [-0.3, -0.25) is 4.57 Å². The minimum atomic E-state index is 0.492. The maximum atomic E-state index is 9.65. The molecule has 0 unspecified atom stereocenters. The molecule has 0 bridgehead atoms. The molecule has 5 nitrogen and oxygen atoms in total. The van der Waals surface area contributed by atoms with Gasteiger partial charge in [-0.15, -0.1) is 0 Å². The van der Waals surface area contributed by atoms with Crippen LogP contribution in [0.2, 0.25) is 5.15 Å². The number of benzene rings is 1. The second-order valence-corrected chi connectivity index (χ2v) is 5.84. The molecular weight excluding hydrogens is 326 g/mol. The number of hydrogen-bond acceptors (Lipinski definition) is 4. The van der Waals surface area contributed by atoms with Crippen molar-refractivity contribution in [3.63, 3.8) is 0 Å². The molecule has 2 aromatic heterocycles. The van der Waals surface area contributed by atoms with Crippen LogP contribution in [0.25, 0.3) is 16.9 Å². The van der Waals surface area contributed by atoms with Crippen LogP contribution in [0.15, 0.2) is 28.8 Å². The Morgan fingerprint density at radius 1 is 1.21 bits per heavy atom. The maximum Gasteiger partial charge on any atom is 0.143 e. The van der Waals surface area contributed by atoms with Crippen LogP contribution < -0.4 is 4.74 Å². The van der Waals surface area contributed by atoms with Crippen LogP contribution in [0.4, 0.5) is 0 Å².